The smallest absolute Gasteiger partial charge is 0.344 e. The third kappa shape index (κ3) is 7.32. The molecule has 182 valence electrons. The van der Waals surface area contributed by atoms with Crippen molar-refractivity contribution in [3.8, 4) is 11.5 Å². The molecule has 0 aliphatic heterocycles. The van der Waals surface area contributed by atoms with E-state index in [1.165, 1.54) is 6.33 Å². The average molecular weight is 530 g/mol. The van der Waals surface area contributed by atoms with Crippen LogP contribution in [0.1, 0.15) is 59.1 Å². The molecule has 3 aromatic rings. The van der Waals surface area contributed by atoms with Gasteiger partial charge in [0.2, 0.25) is 0 Å². The zero-order chi connectivity index (χ0) is 24.7. The van der Waals surface area contributed by atoms with Gasteiger partial charge >= 0.3 is 5.97 Å². The number of aromatic nitrogens is 2. The van der Waals surface area contributed by atoms with Crippen LogP contribution < -0.4 is 14.8 Å². The monoisotopic (exact) mass is 529 g/mol. The Bertz CT molecular complexity index is 1130. The topological polar surface area (TPSA) is 82.6 Å². The molecule has 0 amide bonds. The minimum Gasteiger partial charge on any atom is -0.494 e. The number of nitrogens with zero attached hydrogens (tertiary/aromatic N) is 2. The van der Waals surface area contributed by atoms with Crippen molar-refractivity contribution in [1.29, 1.82) is 0 Å². The predicted molar refractivity (Wildman–Crippen MR) is 137 cm³/mol. The molecule has 0 bridgehead atoms. The maximum absolute atomic E-state index is 12.1. The van der Waals surface area contributed by atoms with Gasteiger partial charge in [-0.2, -0.15) is 0 Å². The summed E-state index contributed by atoms with van der Waals surface area (Å²) in [5.41, 5.74) is 1.11. The van der Waals surface area contributed by atoms with E-state index in [4.69, 9.17) is 14.2 Å². The van der Waals surface area contributed by atoms with Gasteiger partial charge in [0.15, 0.2) is 6.61 Å². The minimum absolute atomic E-state index is 0.0297. The van der Waals surface area contributed by atoms with Gasteiger partial charge in [0.05, 0.1) is 12.6 Å². The Kier molecular flexibility index (Phi) is 8.72. The Morgan fingerprint density at radius 1 is 1.15 bits per heavy atom. The van der Waals surface area contributed by atoms with Gasteiger partial charge in [-0.05, 0) is 63.9 Å². The van der Waals surface area contributed by atoms with Gasteiger partial charge in [0.25, 0.3) is 0 Å². The molecular weight excluding hydrogens is 498 g/mol. The Morgan fingerprint density at radius 2 is 1.94 bits per heavy atom. The molecule has 1 heterocycles. The van der Waals surface area contributed by atoms with Crippen molar-refractivity contribution in [3.63, 3.8) is 0 Å². The van der Waals surface area contributed by atoms with E-state index < -0.39 is 11.6 Å². The molecule has 0 fully saturated rings. The highest BCUT2D eigenvalue weighted by atomic mass is 79.9. The molecule has 1 aromatic heterocycles. The van der Waals surface area contributed by atoms with Crippen LogP contribution in [0.15, 0.2) is 47.2 Å². The molecule has 3 rings (SSSR count). The minimum atomic E-state index is -0.576. The van der Waals surface area contributed by atoms with Gasteiger partial charge < -0.3 is 19.5 Å². The Labute approximate surface area is 209 Å². The van der Waals surface area contributed by atoms with Crippen LogP contribution in [0.3, 0.4) is 0 Å². The maximum Gasteiger partial charge on any atom is 0.344 e. The van der Waals surface area contributed by atoms with Crippen molar-refractivity contribution in [3.05, 3.63) is 52.8 Å². The zero-order valence-corrected chi connectivity index (χ0v) is 21.9. The number of anilines is 1. The van der Waals surface area contributed by atoms with Crippen molar-refractivity contribution in [2.75, 3.05) is 18.5 Å². The first-order chi connectivity index (χ1) is 16.2. The number of nitrogens with one attached hydrogen (secondary N) is 1. The zero-order valence-electron chi connectivity index (χ0n) is 20.4. The summed E-state index contributed by atoms with van der Waals surface area (Å²) >= 11 is 3.53. The largest absolute Gasteiger partial charge is 0.494 e. The van der Waals surface area contributed by atoms with Gasteiger partial charge in [0.1, 0.15) is 34.8 Å². The summed E-state index contributed by atoms with van der Waals surface area (Å²) in [7, 11) is 0. The molecule has 7 nitrogen and oxygen atoms in total. The number of fused-ring (bicyclic) bond motifs is 1. The lowest BCUT2D eigenvalue weighted by Crippen LogP contribution is -2.27. The molecule has 2 aromatic carbocycles. The molecule has 0 unspecified atom stereocenters. The lowest BCUT2D eigenvalue weighted by molar-refractivity contribution is -0.157. The first-order valence-corrected chi connectivity index (χ1v) is 12.2. The summed E-state index contributed by atoms with van der Waals surface area (Å²) in [4.78, 5) is 21.0. The summed E-state index contributed by atoms with van der Waals surface area (Å²) in [6, 6.07) is 11.7. The van der Waals surface area contributed by atoms with Crippen LogP contribution in [0.25, 0.3) is 10.9 Å². The molecule has 0 spiro atoms. The van der Waals surface area contributed by atoms with Gasteiger partial charge in [-0.25, -0.2) is 14.8 Å². The standard InChI is InChI=1S/C26H32BrN3O4/c1-6-7-11-32-20-10-8-9-18(12-20)17(2)30-25-21-13-19(27)14-22(24(21)28-16-29-25)33-15-23(31)34-26(3,4)5/h8-10,12-14,16-17H,6-7,11,15H2,1-5H3,(H,28,29,30)/t17-/m1/s1. The van der Waals surface area contributed by atoms with Crippen LogP contribution in [-0.2, 0) is 9.53 Å². The Hall–Kier alpha value is -2.87. The molecule has 34 heavy (non-hydrogen) atoms. The van der Waals surface area contributed by atoms with E-state index in [1.54, 1.807) is 6.07 Å². The number of benzene rings is 2. The van der Waals surface area contributed by atoms with Gasteiger partial charge in [-0.3, -0.25) is 0 Å². The molecular formula is C26H32BrN3O4. The summed E-state index contributed by atoms with van der Waals surface area (Å²) in [5, 5.41) is 4.25. The molecule has 0 aliphatic carbocycles. The quantitative estimate of drug-likeness (QED) is 0.238. The van der Waals surface area contributed by atoms with Crippen LogP contribution in [0.2, 0.25) is 0 Å². The highest BCUT2D eigenvalue weighted by Gasteiger charge is 2.18. The van der Waals surface area contributed by atoms with E-state index >= 15 is 0 Å². The SMILES string of the molecule is CCCCOc1cccc([C@@H](C)Nc2ncnc3c(OCC(=O)OC(C)(C)C)cc(Br)cc23)c1. The third-order valence-corrected chi connectivity index (χ3v) is 5.37. The molecule has 0 aliphatic rings. The molecule has 0 saturated heterocycles. The van der Waals surface area contributed by atoms with Gasteiger partial charge in [0, 0.05) is 9.86 Å². The van der Waals surface area contributed by atoms with E-state index in [0.29, 0.717) is 23.7 Å². The number of halogens is 1. The summed E-state index contributed by atoms with van der Waals surface area (Å²) in [6.07, 6.45) is 3.60. The van der Waals surface area contributed by atoms with E-state index in [1.807, 2.05) is 45.0 Å². The number of esters is 1. The van der Waals surface area contributed by atoms with Crippen molar-refractivity contribution in [1.82, 2.24) is 9.97 Å². The van der Waals surface area contributed by atoms with Crippen molar-refractivity contribution >= 4 is 38.6 Å². The van der Waals surface area contributed by atoms with E-state index in [-0.39, 0.29) is 12.6 Å². The van der Waals surface area contributed by atoms with Crippen LogP contribution in [0.5, 0.6) is 11.5 Å². The third-order valence-electron chi connectivity index (χ3n) is 4.91. The lowest BCUT2D eigenvalue weighted by Gasteiger charge is -2.20. The van der Waals surface area contributed by atoms with Crippen molar-refractivity contribution < 1.29 is 19.0 Å². The maximum atomic E-state index is 12.1. The summed E-state index contributed by atoms with van der Waals surface area (Å²) in [6.45, 7) is 10.2. The molecule has 0 saturated carbocycles. The normalized spacial score (nSPS) is 12.3. The van der Waals surface area contributed by atoms with Crippen LogP contribution >= 0.6 is 15.9 Å². The highest BCUT2D eigenvalue weighted by molar-refractivity contribution is 9.10. The fourth-order valence-electron chi connectivity index (χ4n) is 3.33. The van der Waals surface area contributed by atoms with Crippen LogP contribution in [0.4, 0.5) is 5.82 Å². The first kappa shape index (κ1) is 25.7. The molecule has 8 heteroatoms. The number of carbonyl (C=O) groups excluding carboxylic acids is 1. The average Bonchev–Trinajstić information content (AvgIpc) is 2.77. The highest BCUT2D eigenvalue weighted by Crippen LogP contribution is 2.33. The van der Waals surface area contributed by atoms with E-state index in [2.05, 4.69) is 51.1 Å². The number of hydrogen-bond acceptors (Lipinski definition) is 7. The summed E-state index contributed by atoms with van der Waals surface area (Å²) < 4.78 is 17.8. The van der Waals surface area contributed by atoms with E-state index in [9.17, 15) is 4.79 Å². The molecule has 1 atom stereocenters. The number of rotatable bonds is 10. The fourth-order valence-corrected chi connectivity index (χ4v) is 3.77. The number of unbranched alkanes of at least 4 members (excludes halogenated alkanes) is 1. The van der Waals surface area contributed by atoms with Gasteiger partial charge in [-0.1, -0.05) is 41.4 Å². The van der Waals surface area contributed by atoms with Crippen LogP contribution in [0, 0.1) is 0 Å². The van der Waals surface area contributed by atoms with Crippen LogP contribution in [-0.4, -0.2) is 34.8 Å². The predicted octanol–water partition coefficient (Wildman–Crippen LogP) is 6.46. The van der Waals surface area contributed by atoms with Crippen molar-refractivity contribution in [2.45, 2.75) is 59.1 Å². The number of hydrogen-bond donors (Lipinski definition) is 1. The second-order valence-corrected chi connectivity index (χ2v) is 9.95. The number of carbonyl (C=O) groups is 1. The van der Waals surface area contributed by atoms with E-state index in [0.717, 1.165) is 34.0 Å². The fraction of sp³-hybridized carbons (Fsp3) is 0.423. The number of ether oxygens (including phenoxy) is 3. The van der Waals surface area contributed by atoms with Crippen molar-refractivity contribution in [2.24, 2.45) is 0 Å². The van der Waals surface area contributed by atoms with Gasteiger partial charge in [-0.15, -0.1) is 0 Å². The molecule has 0 radical (unpaired) electrons. The summed E-state index contributed by atoms with van der Waals surface area (Å²) in [5.74, 6) is 1.55. The Balaban J connectivity index is 1.80. The lowest BCUT2D eigenvalue weighted by atomic mass is 10.1. The second-order valence-electron chi connectivity index (χ2n) is 9.04. The first-order valence-electron chi connectivity index (χ1n) is 11.4. The Morgan fingerprint density at radius 3 is 2.68 bits per heavy atom. The second kappa shape index (κ2) is 11.5. The molecule has 1 N–H and O–H groups in total.